The molecule has 0 N–H and O–H groups in total. The van der Waals surface area contributed by atoms with E-state index in [4.69, 9.17) is 0 Å². The number of fused-ring (bicyclic) bond motifs is 13. The number of benzene rings is 6. The van der Waals surface area contributed by atoms with Crippen LogP contribution in [0.2, 0.25) is 0 Å². The molecule has 2 bridgehead atoms. The van der Waals surface area contributed by atoms with Gasteiger partial charge in [-0.25, -0.2) is 0 Å². The molecule has 2 unspecified atom stereocenters. The molecule has 0 aromatic heterocycles. The highest BCUT2D eigenvalue weighted by Gasteiger charge is 2.61. The monoisotopic (exact) mass is 701 g/mol. The molecule has 268 valence electrons. The minimum atomic E-state index is 0.0818. The third kappa shape index (κ3) is 4.76. The quantitative estimate of drug-likeness (QED) is 0.173. The Morgan fingerprint density at radius 2 is 1.30 bits per heavy atom. The number of hydrogen-bond acceptors (Lipinski definition) is 1. The molecule has 6 aromatic rings. The molecule has 5 aliphatic carbocycles. The van der Waals surface area contributed by atoms with E-state index in [1.807, 2.05) is 0 Å². The first kappa shape index (κ1) is 32.5. The first-order chi connectivity index (χ1) is 26.6. The highest BCUT2D eigenvalue weighted by atomic mass is 15.1. The molecule has 0 saturated heterocycles. The Bertz CT molecular complexity index is 2390. The normalized spacial score (nSPS) is 27.1. The van der Waals surface area contributed by atoms with Gasteiger partial charge in [0.2, 0.25) is 0 Å². The molecule has 1 heteroatoms. The molecule has 0 amide bonds. The topological polar surface area (TPSA) is 3.24 Å². The van der Waals surface area contributed by atoms with E-state index in [-0.39, 0.29) is 5.41 Å². The third-order valence-corrected chi connectivity index (χ3v) is 15.1. The number of anilines is 3. The molecule has 0 heterocycles. The zero-order valence-corrected chi connectivity index (χ0v) is 31.8. The molecule has 6 aromatic carbocycles. The van der Waals surface area contributed by atoms with E-state index in [0.29, 0.717) is 17.8 Å². The lowest BCUT2D eigenvalue weighted by atomic mass is 9.43. The SMILES string of the molecule is CC[C@@H]1CC[C@H]2C(C)CC2[C@]12c1ccccc1-c1ccc(N(c3cccc(-c4ccccc4)c3)c3ccc4c(c3)C[C@H]3CC[C@H](C3)c3ccccc3-4)cc12. The van der Waals surface area contributed by atoms with Crippen LogP contribution in [0.4, 0.5) is 17.1 Å². The molecule has 1 spiro atoms. The van der Waals surface area contributed by atoms with E-state index in [1.165, 1.54) is 101 Å². The summed E-state index contributed by atoms with van der Waals surface area (Å²) >= 11 is 0. The van der Waals surface area contributed by atoms with Gasteiger partial charge in [-0.1, -0.05) is 123 Å². The van der Waals surface area contributed by atoms with Gasteiger partial charge in [-0.05, 0) is 172 Å². The van der Waals surface area contributed by atoms with E-state index < -0.39 is 0 Å². The van der Waals surface area contributed by atoms with Gasteiger partial charge < -0.3 is 4.90 Å². The molecule has 54 heavy (non-hydrogen) atoms. The van der Waals surface area contributed by atoms with Crippen LogP contribution >= 0.6 is 0 Å². The van der Waals surface area contributed by atoms with Crippen molar-refractivity contribution in [3.63, 3.8) is 0 Å². The summed E-state index contributed by atoms with van der Waals surface area (Å²) in [5, 5.41) is 0. The smallest absolute Gasteiger partial charge is 0.0467 e. The van der Waals surface area contributed by atoms with E-state index in [2.05, 4.69) is 158 Å². The van der Waals surface area contributed by atoms with Gasteiger partial charge in [-0.2, -0.15) is 0 Å². The van der Waals surface area contributed by atoms with E-state index in [9.17, 15) is 0 Å². The van der Waals surface area contributed by atoms with Crippen molar-refractivity contribution in [3.8, 4) is 33.4 Å². The van der Waals surface area contributed by atoms with E-state index in [0.717, 1.165) is 24.2 Å². The molecule has 7 atom stereocenters. The third-order valence-electron chi connectivity index (χ3n) is 15.1. The van der Waals surface area contributed by atoms with Crippen LogP contribution < -0.4 is 4.90 Å². The highest BCUT2D eigenvalue weighted by Crippen LogP contribution is 2.68. The summed E-state index contributed by atoms with van der Waals surface area (Å²) < 4.78 is 0. The average molecular weight is 702 g/mol. The van der Waals surface area contributed by atoms with Crippen molar-refractivity contribution >= 4 is 17.1 Å². The van der Waals surface area contributed by atoms with Crippen LogP contribution in [0.1, 0.15) is 87.0 Å². The van der Waals surface area contributed by atoms with Crippen LogP contribution in [0.3, 0.4) is 0 Å². The highest BCUT2D eigenvalue weighted by molar-refractivity contribution is 5.88. The van der Waals surface area contributed by atoms with Crippen molar-refractivity contribution in [2.24, 2.45) is 29.6 Å². The predicted octanol–water partition coefficient (Wildman–Crippen LogP) is 14.3. The molecule has 11 rings (SSSR count). The van der Waals surface area contributed by atoms with E-state index in [1.54, 1.807) is 16.7 Å². The number of nitrogens with zero attached hydrogens (tertiary/aromatic N) is 1. The van der Waals surface area contributed by atoms with Gasteiger partial charge in [-0.15, -0.1) is 0 Å². The van der Waals surface area contributed by atoms with Crippen molar-refractivity contribution in [2.75, 3.05) is 4.90 Å². The summed E-state index contributed by atoms with van der Waals surface area (Å²) in [6, 6.07) is 54.0. The predicted molar refractivity (Wildman–Crippen MR) is 226 cm³/mol. The van der Waals surface area contributed by atoms with Crippen molar-refractivity contribution in [1.82, 2.24) is 0 Å². The summed E-state index contributed by atoms with van der Waals surface area (Å²) in [5.74, 6) is 4.46. The van der Waals surface area contributed by atoms with Crippen LogP contribution in [0.25, 0.3) is 33.4 Å². The second-order valence-electron chi connectivity index (χ2n) is 17.6. The summed E-state index contributed by atoms with van der Waals surface area (Å²) in [5.41, 5.74) is 18.5. The maximum absolute atomic E-state index is 2.66. The van der Waals surface area contributed by atoms with E-state index >= 15 is 0 Å². The van der Waals surface area contributed by atoms with Gasteiger partial charge in [0.1, 0.15) is 0 Å². The molecule has 1 nitrogen and oxygen atoms in total. The Morgan fingerprint density at radius 1 is 0.574 bits per heavy atom. The van der Waals surface area contributed by atoms with Gasteiger partial charge in [0, 0.05) is 22.5 Å². The van der Waals surface area contributed by atoms with Crippen LogP contribution in [0, 0.1) is 29.6 Å². The molecule has 0 aliphatic heterocycles. The first-order valence-electron chi connectivity index (χ1n) is 21.0. The summed E-state index contributed by atoms with van der Waals surface area (Å²) in [6.45, 7) is 4.98. The Morgan fingerprint density at radius 3 is 2.15 bits per heavy atom. The maximum Gasteiger partial charge on any atom is 0.0467 e. The van der Waals surface area contributed by atoms with Crippen LogP contribution in [0.5, 0.6) is 0 Å². The van der Waals surface area contributed by atoms with Crippen molar-refractivity contribution in [2.45, 2.75) is 76.5 Å². The number of hydrogen-bond donors (Lipinski definition) is 0. The minimum Gasteiger partial charge on any atom is -0.310 e. The summed E-state index contributed by atoms with van der Waals surface area (Å²) in [6.07, 6.45) is 10.4. The fraction of sp³-hybridized carbons (Fsp3) is 0.321. The fourth-order valence-corrected chi connectivity index (χ4v) is 12.7. The number of rotatable bonds is 5. The van der Waals surface area contributed by atoms with Gasteiger partial charge >= 0.3 is 0 Å². The second-order valence-corrected chi connectivity index (χ2v) is 17.6. The zero-order chi connectivity index (χ0) is 36.0. The molecule has 0 radical (unpaired) electrons. The van der Waals surface area contributed by atoms with Crippen LogP contribution in [-0.4, -0.2) is 0 Å². The van der Waals surface area contributed by atoms with Gasteiger partial charge in [0.15, 0.2) is 0 Å². The Labute approximate surface area is 322 Å². The average Bonchev–Trinajstić information content (AvgIpc) is 3.80. The second kappa shape index (κ2) is 12.6. The van der Waals surface area contributed by atoms with Gasteiger partial charge in [-0.3, -0.25) is 0 Å². The largest absolute Gasteiger partial charge is 0.310 e. The lowest BCUT2D eigenvalue weighted by molar-refractivity contribution is -0.0424. The first-order valence-corrected chi connectivity index (χ1v) is 21.0. The Hall–Kier alpha value is -4.88. The molecule has 3 saturated carbocycles. The molecule has 5 aliphatic rings. The minimum absolute atomic E-state index is 0.0818. The van der Waals surface area contributed by atoms with Crippen molar-refractivity contribution in [1.29, 1.82) is 0 Å². The molecular formula is C53H51N. The fourth-order valence-electron chi connectivity index (χ4n) is 12.7. The van der Waals surface area contributed by atoms with Crippen molar-refractivity contribution < 1.29 is 0 Å². The summed E-state index contributed by atoms with van der Waals surface area (Å²) in [4.78, 5) is 2.59. The molecular weight excluding hydrogens is 651 g/mol. The lowest BCUT2D eigenvalue weighted by Gasteiger charge is -2.60. The van der Waals surface area contributed by atoms with Gasteiger partial charge in [0.25, 0.3) is 0 Å². The Kier molecular flexibility index (Phi) is 7.59. The van der Waals surface area contributed by atoms with Crippen LogP contribution in [-0.2, 0) is 11.8 Å². The maximum atomic E-state index is 2.66. The van der Waals surface area contributed by atoms with Gasteiger partial charge in [0.05, 0.1) is 0 Å². The lowest BCUT2D eigenvalue weighted by Crippen LogP contribution is -2.56. The molecule has 3 fully saturated rings. The Balaban J connectivity index is 1.12. The zero-order valence-electron chi connectivity index (χ0n) is 31.8. The van der Waals surface area contributed by atoms with Crippen molar-refractivity contribution in [3.05, 3.63) is 162 Å². The standard InChI is InChI=1S/C53H51N/c1-3-40-22-25-44-34(2)28-51(44)53(40)50-19-10-9-18-48(50)49-27-24-43(33-52(49)53)54(41-15-11-14-37(31-41)36-12-5-4-6-13-36)42-23-26-46-39(32-42)30-35-20-21-38(29-35)45-16-7-8-17-47(45)46/h4-19,23-24,26-27,31-35,38,40,44,51H,3,20-22,25,28-30H2,1-2H3/t34?,35-,38+,40+,44-,51?,53+/m0/s1. The summed E-state index contributed by atoms with van der Waals surface area (Å²) in [7, 11) is 0. The van der Waals surface area contributed by atoms with Crippen LogP contribution in [0.15, 0.2) is 140 Å².